The van der Waals surface area contributed by atoms with Gasteiger partial charge in [-0.15, -0.1) is 0 Å². The fourth-order valence-corrected chi connectivity index (χ4v) is 8.91. The van der Waals surface area contributed by atoms with Crippen molar-refractivity contribution in [3.8, 4) is 50.6 Å². The van der Waals surface area contributed by atoms with Gasteiger partial charge in [-0.25, -0.2) is 15.0 Å². The summed E-state index contributed by atoms with van der Waals surface area (Å²) >= 11 is 0. The minimum atomic E-state index is 0.910. The van der Waals surface area contributed by atoms with Gasteiger partial charge in [-0.05, 0) is 47.5 Å². The summed E-state index contributed by atoms with van der Waals surface area (Å²) in [7, 11) is 0. The molecule has 0 fully saturated rings. The lowest BCUT2D eigenvalue weighted by molar-refractivity contribution is 1.19. The molecule has 12 aromatic rings. The zero-order valence-corrected chi connectivity index (χ0v) is 31.9. The second-order valence-corrected chi connectivity index (χ2v) is 15.2. The lowest BCUT2D eigenvalue weighted by Gasteiger charge is -2.14. The van der Waals surface area contributed by atoms with Gasteiger partial charge in [-0.1, -0.05) is 170 Å². The average molecular weight is 751 g/mol. The number of para-hydroxylation sites is 2. The fourth-order valence-electron chi connectivity index (χ4n) is 8.91. The van der Waals surface area contributed by atoms with E-state index in [1.165, 1.54) is 21.7 Å². The minimum Gasteiger partial charge on any atom is -0.309 e. The van der Waals surface area contributed by atoms with Crippen LogP contribution in [0.1, 0.15) is 0 Å². The summed E-state index contributed by atoms with van der Waals surface area (Å²) in [5.74, 6) is 0. The molecule has 0 aliphatic carbocycles. The largest absolute Gasteiger partial charge is 0.309 e. The Labute approximate surface area is 340 Å². The summed E-state index contributed by atoms with van der Waals surface area (Å²) in [5, 5.41) is 8.08. The van der Waals surface area contributed by atoms with Crippen molar-refractivity contribution in [3.05, 3.63) is 206 Å². The molecular formula is C55H34N4. The molecule has 0 N–H and O–H groups in total. The van der Waals surface area contributed by atoms with Crippen LogP contribution in [0.25, 0.3) is 116 Å². The van der Waals surface area contributed by atoms with Crippen molar-refractivity contribution in [3.63, 3.8) is 0 Å². The van der Waals surface area contributed by atoms with Crippen LogP contribution in [0.5, 0.6) is 0 Å². The van der Waals surface area contributed by atoms with Crippen LogP contribution in [-0.4, -0.2) is 19.5 Å². The predicted octanol–water partition coefficient (Wildman–Crippen LogP) is 14.2. The molecule has 0 spiro atoms. The van der Waals surface area contributed by atoms with Crippen molar-refractivity contribution in [2.75, 3.05) is 0 Å². The molecule has 59 heavy (non-hydrogen) atoms. The fraction of sp³-hybridized carbons (Fsp3) is 0. The lowest BCUT2D eigenvalue weighted by atomic mass is 9.97. The quantitative estimate of drug-likeness (QED) is 0.165. The Morgan fingerprint density at radius 2 is 0.864 bits per heavy atom. The Bertz CT molecular complexity index is 3580. The molecule has 0 aliphatic heterocycles. The van der Waals surface area contributed by atoms with Crippen molar-refractivity contribution >= 4 is 65.3 Å². The predicted molar refractivity (Wildman–Crippen MR) is 246 cm³/mol. The smallest absolute Gasteiger partial charge is 0.0972 e. The molecule has 4 aromatic heterocycles. The molecular weight excluding hydrogens is 717 g/mol. The highest BCUT2D eigenvalue weighted by atomic mass is 15.0. The molecule has 4 heterocycles. The van der Waals surface area contributed by atoms with E-state index in [0.717, 1.165) is 94.2 Å². The first-order chi connectivity index (χ1) is 29.2. The van der Waals surface area contributed by atoms with Crippen molar-refractivity contribution in [2.24, 2.45) is 0 Å². The monoisotopic (exact) mass is 750 g/mol. The van der Waals surface area contributed by atoms with E-state index in [4.69, 9.17) is 15.0 Å². The first-order valence-corrected chi connectivity index (χ1v) is 20.0. The van der Waals surface area contributed by atoms with E-state index in [1.54, 1.807) is 0 Å². The number of rotatable bonds is 5. The number of aromatic nitrogens is 4. The van der Waals surface area contributed by atoms with Crippen molar-refractivity contribution in [1.82, 2.24) is 19.5 Å². The molecule has 4 heteroatoms. The molecule has 0 atom stereocenters. The molecule has 0 amide bonds. The first kappa shape index (κ1) is 33.2. The number of nitrogens with zero attached hydrogens (tertiary/aromatic N) is 4. The van der Waals surface area contributed by atoms with Crippen LogP contribution in [0.4, 0.5) is 0 Å². The Morgan fingerprint density at radius 3 is 1.56 bits per heavy atom. The minimum absolute atomic E-state index is 0.910. The van der Waals surface area contributed by atoms with Gasteiger partial charge in [0.1, 0.15) is 0 Å². The molecule has 12 rings (SSSR count). The second kappa shape index (κ2) is 13.3. The van der Waals surface area contributed by atoms with E-state index in [2.05, 4.69) is 193 Å². The van der Waals surface area contributed by atoms with E-state index < -0.39 is 0 Å². The van der Waals surface area contributed by atoms with Crippen molar-refractivity contribution in [1.29, 1.82) is 0 Å². The van der Waals surface area contributed by atoms with Crippen LogP contribution in [0.2, 0.25) is 0 Å². The summed E-state index contributed by atoms with van der Waals surface area (Å²) in [5.41, 5.74) is 14.7. The molecule has 274 valence electrons. The maximum Gasteiger partial charge on any atom is 0.0972 e. The topological polar surface area (TPSA) is 43.6 Å². The van der Waals surface area contributed by atoms with E-state index >= 15 is 0 Å². The SMILES string of the molecule is c1ccc(-c2ccc3ccc4ccc(-c5ccc(-c6ccc7c8ccc9c(-c%10ccccc%10)nc%10ccccc%10c9c8n(-c8ccccc8)c7c6)cc5)nc4c3n2)cc1. The van der Waals surface area contributed by atoms with E-state index in [0.29, 0.717) is 0 Å². The highest BCUT2D eigenvalue weighted by Gasteiger charge is 2.20. The molecule has 0 bridgehead atoms. The first-order valence-electron chi connectivity index (χ1n) is 20.0. The number of hydrogen-bond donors (Lipinski definition) is 0. The zero-order chi connectivity index (χ0) is 38.9. The molecule has 0 aliphatic rings. The highest BCUT2D eigenvalue weighted by molar-refractivity contribution is 6.27. The van der Waals surface area contributed by atoms with Gasteiger partial charge in [-0.3, -0.25) is 0 Å². The van der Waals surface area contributed by atoms with Gasteiger partial charge >= 0.3 is 0 Å². The van der Waals surface area contributed by atoms with E-state index in [1.807, 2.05) is 18.2 Å². The van der Waals surface area contributed by atoms with Crippen LogP contribution in [0, 0.1) is 0 Å². The standard InChI is InChI=1S/C55H34N4/c1-4-12-36(13-5-1)47-32-27-39-24-25-40-28-33-48(57-54(40)53(39)56-47)37-22-20-35(21-23-37)41-26-29-43-44-30-31-46-51(55(44)59(50(43)34-41)42-16-8-3-9-17-42)45-18-10-11-19-49(45)58-52(46)38-14-6-2-7-15-38/h1-34H. The summed E-state index contributed by atoms with van der Waals surface area (Å²) in [6.07, 6.45) is 0. The molecule has 0 saturated carbocycles. The lowest BCUT2D eigenvalue weighted by Crippen LogP contribution is -1.96. The third-order valence-electron chi connectivity index (χ3n) is 11.8. The van der Waals surface area contributed by atoms with E-state index in [9.17, 15) is 0 Å². The molecule has 0 radical (unpaired) electrons. The number of pyridine rings is 3. The highest BCUT2D eigenvalue weighted by Crippen LogP contribution is 2.43. The average Bonchev–Trinajstić information content (AvgIpc) is 3.65. The van der Waals surface area contributed by atoms with Gasteiger partial charge in [-0.2, -0.15) is 0 Å². The Morgan fingerprint density at radius 1 is 0.339 bits per heavy atom. The Hall–Kier alpha value is -7.95. The van der Waals surface area contributed by atoms with Gasteiger partial charge in [0, 0.05) is 60.1 Å². The molecule has 8 aromatic carbocycles. The zero-order valence-electron chi connectivity index (χ0n) is 31.9. The Kier molecular flexibility index (Phi) is 7.50. The molecule has 0 unspecified atom stereocenters. The summed E-state index contributed by atoms with van der Waals surface area (Å²) in [6, 6.07) is 73.2. The molecule has 4 nitrogen and oxygen atoms in total. The molecule has 0 saturated heterocycles. The third-order valence-corrected chi connectivity index (χ3v) is 11.8. The number of fused-ring (bicyclic) bond motifs is 10. The van der Waals surface area contributed by atoms with Gasteiger partial charge in [0.25, 0.3) is 0 Å². The van der Waals surface area contributed by atoms with Crippen molar-refractivity contribution < 1.29 is 0 Å². The van der Waals surface area contributed by atoms with Crippen LogP contribution in [0.3, 0.4) is 0 Å². The summed E-state index contributed by atoms with van der Waals surface area (Å²) < 4.78 is 2.45. The maximum atomic E-state index is 5.25. The van der Waals surface area contributed by atoms with Gasteiger partial charge < -0.3 is 4.57 Å². The normalized spacial score (nSPS) is 11.7. The number of benzene rings is 8. The summed E-state index contributed by atoms with van der Waals surface area (Å²) in [6.45, 7) is 0. The van der Waals surface area contributed by atoms with E-state index in [-0.39, 0.29) is 0 Å². The third kappa shape index (κ3) is 5.42. The van der Waals surface area contributed by atoms with Gasteiger partial charge in [0.15, 0.2) is 0 Å². The second-order valence-electron chi connectivity index (χ2n) is 15.2. The van der Waals surface area contributed by atoms with Crippen LogP contribution in [0.15, 0.2) is 206 Å². The van der Waals surface area contributed by atoms with Crippen LogP contribution >= 0.6 is 0 Å². The van der Waals surface area contributed by atoms with Crippen molar-refractivity contribution in [2.45, 2.75) is 0 Å². The van der Waals surface area contributed by atoms with Crippen LogP contribution in [-0.2, 0) is 0 Å². The summed E-state index contributed by atoms with van der Waals surface area (Å²) in [4.78, 5) is 15.6. The van der Waals surface area contributed by atoms with Gasteiger partial charge in [0.05, 0.1) is 44.7 Å². The Balaban J connectivity index is 1.01. The van der Waals surface area contributed by atoms with Gasteiger partial charge in [0.2, 0.25) is 0 Å². The number of hydrogen-bond acceptors (Lipinski definition) is 3. The maximum absolute atomic E-state index is 5.25. The van der Waals surface area contributed by atoms with Crippen LogP contribution < -0.4 is 0 Å².